The average Bonchev–Trinajstić information content (AvgIpc) is 2.74. The Bertz CT molecular complexity index is 728. The van der Waals surface area contributed by atoms with E-state index in [4.69, 9.17) is 12.2 Å². The molecule has 0 amide bonds. The van der Waals surface area contributed by atoms with E-state index in [1.54, 1.807) is 16.0 Å². The Morgan fingerprint density at radius 2 is 2.00 bits per heavy atom. The lowest BCUT2D eigenvalue weighted by atomic mass is 10.2. The zero-order valence-corrected chi connectivity index (χ0v) is 10.8. The Morgan fingerprint density at radius 3 is 2.76 bits per heavy atom. The van der Waals surface area contributed by atoms with Crippen LogP contribution in [0.25, 0.3) is 20.8 Å². The Morgan fingerprint density at radius 1 is 1.24 bits per heavy atom. The topological polar surface area (TPSA) is 30.7 Å². The average molecular weight is 259 g/mol. The van der Waals surface area contributed by atoms with Crippen LogP contribution in [0, 0.1) is 4.77 Å². The van der Waals surface area contributed by atoms with Crippen LogP contribution in [0.5, 0.6) is 0 Å². The normalized spacial score (nSPS) is 10.9. The van der Waals surface area contributed by atoms with Gasteiger partial charge in [-0.25, -0.2) is 9.67 Å². The molecule has 1 aromatic carbocycles. The molecule has 0 unspecified atom stereocenters. The van der Waals surface area contributed by atoms with E-state index in [0.29, 0.717) is 4.77 Å². The smallest absolute Gasteiger partial charge is 0.217 e. The highest BCUT2D eigenvalue weighted by Crippen LogP contribution is 2.30. The molecule has 3 aromatic rings. The van der Waals surface area contributed by atoms with Gasteiger partial charge in [-0.1, -0.05) is 30.3 Å². The molecule has 3 nitrogen and oxygen atoms in total. The number of hydrogen-bond acceptors (Lipinski definition) is 4. The van der Waals surface area contributed by atoms with Gasteiger partial charge in [0.25, 0.3) is 0 Å². The van der Waals surface area contributed by atoms with E-state index in [1.807, 2.05) is 25.2 Å². The molecule has 0 bridgehead atoms. The summed E-state index contributed by atoms with van der Waals surface area (Å²) in [5, 5.41) is 4.38. The van der Waals surface area contributed by atoms with Gasteiger partial charge in [0.15, 0.2) is 0 Å². The van der Waals surface area contributed by atoms with Crippen molar-refractivity contribution >= 4 is 33.9 Å². The van der Waals surface area contributed by atoms with E-state index in [9.17, 15) is 0 Å². The molecule has 0 fully saturated rings. The third-order valence-corrected chi connectivity index (χ3v) is 3.91. The number of fused-ring (bicyclic) bond motifs is 1. The molecule has 0 N–H and O–H groups in total. The van der Waals surface area contributed by atoms with Crippen LogP contribution in [0.1, 0.15) is 0 Å². The van der Waals surface area contributed by atoms with Gasteiger partial charge < -0.3 is 0 Å². The highest BCUT2D eigenvalue weighted by molar-refractivity contribution is 7.71. The number of aromatic nitrogens is 3. The van der Waals surface area contributed by atoms with Gasteiger partial charge in [0.05, 0.1) is 0 Å². The Labute approximate surface area is 107 Å². The number of aryl methyl sites for hydroxylation is 1. The lowest BCUT2D eigenvalue weighted by molar-refractivity contribution is 0.722. The first-order valence-electron chi connectivity index (χ1n) is 5.14. The quantitative estimate of drug-likeness (QED) is 0.627. The molecule has 0 saturated heterocycles. The standard InChI is InChI=1S/C12H9N3S2/c1-15-12(16)13-11-9(14-15)7-10(17-11)8-5-3-2-4-6-8/h2-7H,1H3. The number of thiophene rings is 1. The summed E-state index contributed by atoms with van der Waals surface area (Å²) in [6.45, 7) is 0. The molecule has 0 aliphatic rings. The summed E-state index contributed by atoms with van der Waals surface area (Å²) in [6.07, 6.45) is 0. The first-order chi connectivity index (χ1) is 8.24. The van der Waals surface area contributed by atoms with E-state index in [2.05, 4.69) is 28.3 Å². The fourth-order valence-electron chi connectivity index (χ4n) is 1.63. The molecule has 0 spiro atoms. The highest BCUT2D eigenvalue weighted by Gasteiger charge is 2.06. The maximum absolute atomic E-state index is 5.10. The van der Waals surface area contributed by atoms with Gasteiger partial charge in [0.2, 0.25) is 4.77 Å². The highest BCUT2D eigenvalue weighted by atomic mass is 32.1. The molecule has 2 aromatic heterocycles. The maximum Gasteiger partial charge on any atom is 0.217 e. The van der Waals surface area contributed by atoms with E-state index < -0.39 is 0 Å². The monoisotopic (exact) mass is 259 g/mol. The van der Waals surface area contributed by atoms with E-state index >= 15 is 0 Å². The molecule has 0 aliphatic heterocycles. The van der Waals surface area contributed by atoms with E-state index in [-0.39, 0.29) is 0 Å². The predicted molar refractivity (Wildman–Crippen MR) is 72.7 cm³/mol. The molecule has 0 radical (unpaired) electrons. The molecule has 84 valence electrons. The Balaban J connectivity index is 2.24. The van der Waals surface area contributed by atoms with Gasteiger partial charge in [0, 0.05) is 11.9 Å². The summed E-state index contributed by atoms with van der Waals surface area (Å²) in [5.74, 6) is 0. The van der Waals surface area contributed by atoms with Gasteiger partial charge in [-0.3, -0.25) is 0 Å². The lowest BCUT2D eigenvalue weighted by Gasteiger charge is -1.94. The minimum atomic E-state index is 0.513. The summed E-state index contributed by atoms with van der Waals surface area (Å²) in [7, 11) is 1.81. The van der Waals surface area contributed by atoms with Crippen LogP contribution in [0.2, 0.25) is 0 Å². The van der Waals surface area contributed by atoms with E-state index in [0.717, 1.165) is 10.3 Å². The summed E-state index contributed by atoms with van der Waals surface area (Å²) >= 11 is 6.72. The lowest BCUT2D eigenvalue weighted by Crippen LogP contribution is -1.99. The first-order valence-corrected chi connectivity index (χ1v) is 6.37. The minimum Gasteiger partial charge on any atom is -0.241 e. The van der Waals surface area contributed by atoms with E-state index in [1.165, 1.54) is 10.4 Å². The molecule has 2 heterocycles. The molecule has 0 atom stereocenters. The van der Waals surface area contributed by atoms with Gasteiger partial charge in [-0.05, 0) is 23.8 Å². The zero-order valence-electron chi connectivity index (χ0n) is 9.12. The molecular formula is C12H9N3S2. The second-order valence-electron chi connectivity index (χ2n) is 3.69. The number of rotatable bonds is 1. The third kappa shape index (κ3) is 1.87. The molecule has 5 heteroatoms. The van der Waals surface area contributed by atoms with Crippen molar-refractivity contribution in [2.75, 3.05) is 0 Å². The number of nitrogens with zero attached hydrogens (tertiary/aromatic N) is 3. The minimum absolute atomic E-state index is 0.513. The molecular weight excluding hydrogens is 250 g/mol. The van der Waals surface area contributed by atoms with Crippen LogP contribution < -0.4 is 0 Å². The summed E-state index contributed by atoms with van der Waals surface area (Å²) in [4.78, 5) is 6.42. The second kappa shape index (κ2) is 4.01. The van der Waals surface area contributed by atoms with Gasteiger partial charge in [-0.15, -0.1) is 11.3 Å². The zero-order chi connectivity index (χ0) is 11.8. The SMILES string of the molecule is Cn1nc2cc(-c3ccccc3)sc2nc1=S. The van der Waals surface area contributed by atoms with Gasteiger partial charge in [0.1, 0.15) is 10.3 Å². The fraction of sp³-hybridized carbons (Fsp3) is 0.0833. The van der Waals surface area contributed by atoms with Crippen LogP contribution >= 0.6 is 23.6 Å². The van der Waals surface area contributed by atoms with Crippen molar-refractivity contribution in [2.45, 2.75) is 0 Å². The van der Waals surface area contributed by atoms with Crippen molar-refractivity contribution in [1.82, 2.24) is 14.8 Å². The van der Waals surface area contributed by atoms with Crippen molar-refractivity contribution in [1.29, 1.82) is 0 Å². The molecule has 0 saturated carbocycles. The Kier molecular flexibility index (Phi) is 2.49. The largest absolute Gasteiger partial charge is 0.241 e. The summed E-state index contributed by atoms with van der Waals surface area (Å²) in [5.41, 5.74) is 2.08. The van der Waals surface area contributed by atoms with Crippen molar-refractivity contribution in [3.8, 4) is 10.4 Å². The fourth-order valence-corrected chi connectivity index (χ4v) is 2.79. The van der Waals surface area contributed by atoms with Crippen LogP contribution in [-0.2, 0) is 7.05 Å². The number of hydrogen-bond donors (Lipinski definition) is 0. The van der Waals surface area contributed by atoms with Crippen molar-refractivity contribution in [3.05, 3.63) is 41.2 Å². The number of benzene rings is 1. The van der Waals surface area contributed by atoms with Crippen molar-refractivity contribution < 1.29 is 0 Å². The molecule has 3 rings (SSSR count). The summed E-state index contributed by atoms with van der Waals surface area (Å²) < 4.78 is 2.14. The summed E-state index contributed by atoms with van der Waals surface area (Å²) in [6, 6.07) is 12.3. The molecule has 0 aliphatic carbocycles. The first kappa shape index (κ1) is 10.6. The van der Waals surface area contributed by atoms with Crippen molar-refractivity contribution in [2.24, 2.45) is 7.05 Å². The van der Waals surface area contributed by atoms with Crippen LogP contribution in [-0.4, -0.2) is 14.8 Å². The predicted octanol–water partition coefficient (Wildman–Crippen LogP) is 3.43. The van der Waals surface area contributed by atoms with Crippen LogP contribution in [0.3, 0.4) is 0 Å². The molecule has 17 heavy (non-hydrogen) atoms. The maximum atomic E-state index is 5.10. The van der Waals surface area contributed by atoms with Crippen LogP contribution in [0.15, 0.2) is 36.4 Å². The van der Waals surface area contributed by atoms with Crippen molar-refractivity contribution in [3.63, 3.8) is 0 Å². The Hall–Kier alpha value is -1.59. The van der Waals surface area contributed by atoms with Gasteiger partial charge in [-0.2, -0.15) is 5.10 Å². The van der Waals surface area contributed by atoms with Crippen LogP contribution in [0.4, 0.5) is 0 Å². The van der Waals surface area contributed by atoms with Gasteiger partial charge >= 0.3 is 0 Å². The third-order valence-electron chi connectivity index (χ3n) is 2.48. The second-order valence-corrected chi connectivity index (χ2v) is 5.08.